The third kappa shape index (κ3) is 8.14. The van der Waals surface area contributed by atoms with Crippen molar-refractivity contribution in [3.63, 3.8) is 0 Å². The van der Waals surface area contributed by atoms with E-state index in [0.29, 0.717) is 24.3 Å². The SMILES string of the molecule is CN(C(=O)NCCOCCO)[C@H]1CC(=NOC(C)(C)C)C2=C[C@H](CCCCO)[C@@H](CCCCO)[C@@H]3c4cc(O)ccc4O[C@@]1(O)[C@H]23. The van der Waals surface area contributed by atoms with Crippen molar-refractivity contribution in [2.75, 3.05) is 46.6 Å². The average Bonchev–Trinajstić information content (AvgIpc) is 3.01. The van der Waals surface area contributed by atoms with E-state index in [0.717, 1.165) is 36.8 Å². The molecule has 0 saturated heterocycles. The molecule has 6 N–H and O–H groups in total. The molecule has 0 bridgehead atoms. The van der Waals surface area contributed by atoms with E-state index in [9.17, 15) is 25.2 Å². The van der Waals surface area contributed by atoms with Crippen LogP contribution in [0.2, 0.25) is 0 Å². The van der Waals surface area contributed by atoms with E-state index in [2.05, 4.69) is 16.5 Å². The maximum atomic E-state index is 13.5. The van der Waals surface area contributed by atoms with Crippen molar-refractivity contribution >= 4 is 11.7 Å². The summed E-state index contributed by atoms with van der Waals surface area (Å²) < 4.78 is 11.8. The molecule has 1 saturated carbocycles. The van der Waals surface area contributed by atoms with Gasteiger partial charge in [0.15, 0.2) is 0 Å². The van der Waals surface area contributed by atoms with Gasteiger partial charge in [0.25, 0.3) is 0 Å². The maximum Gasteiger partial charge on any atom is 0.317 e. The highest BCUT2D eigenvalue weighted by Gasteiger charge is 2.63. The van der Waals surface area contributed by atoms with Gasteiger partial charge in [-0.3, -0.25) is 0 Å². The summed E-state index contributed by atoms with van der Waals surface area (Å²) >= 11 is 0. The van der Waals surface area contributed by atoms with Gasteiger partial charge < -0.3 is 50.1 Å². The monoisotopic (exact) mass is 647 g/mol. The summed E-state index contributed by atoms with van der Waals surface area (Å²) in [6, 6.07) is 3.63. The predicted molar refractivity (Wildman–Crippen MR) is 173 cm³/mol. The Balaban J connectivity index is 1.84. The zero-order valence-corrected chi connectivity index (χ0v) is 27.7. The standard InChI is InChI=1S/C34H53N3O9/c1-33(2,3)46-36-27-21-29(37(4)32(42)35-13-17-44-18-16-40)34(43)31-25(27)19-22(9-5-7-14-38)24(10-6-8-15-39)30(31)26-20-23(41)11-12-28(26)45-34/h11-12,19-20,22,24,29-31,38-41,43H,5-10,13-18,21H2,1-4H3,(H,35,42)/t22-,24+,29-,30+,31+,34+/m0/s1. The molecule has 1 fully saturated rings. The smallest absolute Gasteiger partial charge is 0.317 e. The van der Waals surface area contributed by atoms with E-state index in [-0.39, 0.29) is 69.5 Å². The lowest BCUT2D eigenvalue weighted by molar-refractivity contribution is -0.226. The number of aliphatic hydroxyl groups excluding tert-OH is 3. The van der Waals surface area contributed by atoms with Crippen LogP contribution in [-0.4, -0.2) is 106 Å². The second-order valence-electron chi connectivity index (χ2n) is 13.6. The largest absolute Gasteiger partial charge is 0.508 e. The van der Waals surface area contributed by atoms with Crippen molar-refractivity contribution < 1.29 is 44.6 Å². The topological polar surface area (TPSA) is 174 Å². The number of allylic oxidation sites excluding steroid dienone is 1. The Kier molecular flexibility index (Phi) is 12.3. The van der Waals surface area contributed by atoms with Crippen LogP contribution in [0.15, 0.2) is 35.0 Å². The molecule has 1 aliphatic heterocycles. The van der Waals surface area contributed by atoms with Gasteiger partial charge in [-0.25, -0.2) is 4.79 Å². The number of aliphatic hydroxyl groups is 4. The summed E-state index contributed by atoms with van der Waals surface area (Å²) in [6.45, 7) is 6.39. The van der Waals surface area contributed by atoms with Crippen LogP contribution in [-0.2, 0) is 9.57 Å². The Morgan fingerprint density at radius 2 is 1.80 bits per heavy atom. The molecular weight excluding hydrogens is 594 g/mol. The molecule has 2 aliphatic carbocycles. The van der Waals surface area contributed by atoms with Gasteiger partial charge in [-0.15, -0.1) is 0 Å². The van der Waals surface area contributed by atoms with Crippen molar-refractivity contribution in [2.24, 2.45) is 22.9 Å². The lowest BCUT2D eigenvalue weighted by Crippen LogP contribution is -2.69. The molecule has 0 unspecified atom stereocenters. The fourth-order valence-corrected chi connectivity index (χ4v) is 7.22. The van der Waals surface area contributed by atoms with Crippen molar-refractivity contribution in [2.45, 2.75) is 89.1 Å². The van der Waals surface area contributed by atoms with Crippen LogP contribution < -0.4 is 10.1 Å². The molecule has 6 atom stereocenters. The number of nitrogens with zero attached hydrogens (tertiary/aromatic N) is 2. The van der Waals surface area contributed by atoms with E-state index in [1.807, 2.05) is 20.8 Å². The molecular formula is C34H53N3O9. The molecule has 0 aromatic heterocycles. The van der Waals surface area contributed by atoms with E-state index in [4.69, 9.17) is 19.4 Å². The van der Waals surface area contributed by atoms with Gasteiger partial charge in [0.1, 0.15) is 23.1 Å². The number of nitrogens with one attached hydrogen (secondary N) is 1. The molecule has 258 valence electrons. The average molecular weight is 648 g/mol. The number of fused-ring (bicyclic) bond motifs is 2. The summed E-state index contributed by atoms with van der Waals surface area (Å²) in [4.78, 5) is 20.9. The van der Waals surface area contributed by atoms with E-state index in [1.165, 1.54) is 11.0 Å². The molecule has 2 amide bonds. The summed E-state index contributed by atoms with van der Waals surface area (Å²) in [5.41, 5.74) is 1.63. The van der Waals surface area contributed by atoms with Crippen molar-refractivity contribution in [3.05, 3.63) is 35.4 Å². The van der Waals surface area contributed by atoms with Crippen molar-refractivity contribution in [1.29, 1.82) is 0 Å². The highest BCUT2D eigenvalue weighted by atomic mass is 16.6. The number of carbonyl (C=O) groups excluding carboxylic acids is 1. The first-order valence-corrected chi connectivity index (χ1v) is 16.6. The number of amides is 2. The number of unbranched alkanes of at least 4 members (excludes halogenated alkanes) is 2. The summed E-state index contributed by atoms with van der Waals surface area (Å²) in [7, 11) is 1.62. The number of carbonyl (C=O) groups is 1. The van der Waals surface area contributed by atoms with Gasteiger partial charge >= 0.3 is 6.03 Å². The number of phenolic OH excluding ortho intramolecular Hbond substituents is 1. The van der Waals surface area contributed by atoms with E-state index < -0.39 is 29.4 Å². The van der Waals surface area contributed by atoms with Crippen LogP contribution in [0.3, 0.4) is 0 Å². The number of hydrogen-bond donors (Lipinski definition) is 6. The molecule has 3 aliphatic rings. The molecule has 0 spiro atoms. The highest BCUT2D eigenvalue weighted by Crippen LogP contribution is 2.60. The molecule has 1 aromatic rings. The Hall–Kier alpha value is -2.90. The summed E-state index contributed by atoms with van der Waals surface area (Å²) in [5, 5.41) is 59.1. The second-order valence-corrected chi connectivity index (χ2v) is 13.6. The van der Waals surface area contributed by atoms with E-state index >= 15 is 0 Å². The predicted octanol–water partition coefficient (Wildman–Crippen LogP) is 3.26. The van der Waals surface area contributed by atoms with Crippen LogP contribution in [0.4, 0.5) is 4.79 Å². The lowest BCUT2D eigenvalue weighted by Gasteiger charge is -2.58. The number of rotatable bonds is 15. The van der Waals surface area contributed by atoms with Crippen LogP contribution in [0, 0.1) is 17.8 Å². The quantitative estimate of drug-likeness (QED) is 0.123. The number of ether oxygens (including phenoxy) is 2. The molecule has 1 aromatic carbocycles. The van der Waals surface area contributed by atoms with Gasteiger partial charge in [-0.05, 0) is 82.1 Å². The first kappa shape index (κ1) is 35.9. The number of hydrogen-bond acceptors (Lipinski definition) is 10. The number of urea groups is 1. The number of phenols is 1. The number of aromatic hydroxyl groups is 1. The molecule has 46 heavy (non-hydrogen) atoms. The van der Waals surface area contributed by atoms with Gasteiger partial charge in [-0.1, -0.05) is 24.1 Å². The third-order valence-corrected chi connectivity index (χ3v) is 9.23. The first-order valence-electron chi connectivity index (χ1n) is 16.6. The molecule has 12 nitrogen and oxygen atoms in total. The van der Waals surface area contributed by atoms with Gasteiger partial charge in [0, 0.05) is 44.7 Å². The van der Waals surface area contributed by atoms with Crippen LogP contribution in [0.1, 0.15) is 77.2 Å². The normalized spacial score (nSPS) is 27.7. The van der Waals surface area contributed by atoms with Gasteiger partial charge in [0.2, 0.25) is 5.79 Å². The van der Waals surface area contributed by atoms with E-state index in [1.54, 1.807) is 19.2 Å². The number of likely N-dealkylation sites (N-methyl/N-ethyl adjacent to an activating group) is 1. The zero-order valence-electron chi connectivity index (χ0n) is 27.7. The van der Waals surface area contributed by atoms with Crippen LogP contribution >= 0.6 is 0 Å². The fraction of sp³-hybridized carbons (Fsp3) is 0.706. The van der Waals surface area contributed by atoms with Crippen molar-refractivity contribution in [1.82, 2.24) is 10.2 Å². The summed E-state index contributed by atoms with van der Waals surface area (Å²) in [5.74, 6) is -2.16. The minimum absolute atomic E-state index is 0.0151. The molecule has 0 radical (unpaired) electrons. The van der Waals surface area contributed by atoms with Gasteiger partial charge in [-0.2, -0.15) is 0 Å². The summed E-state index contributed by atoms with van der Waals surface area (Å²) in [6.07, 6.45) is 6.81. The van der Waals surface area contributed by atoms with Gasteiger partial charge in [0.05, 0.1) is 31.5 Å². The Labute approximate surface area is 272 Å². The fourth-order valence-electron chi connectivity index (χ4n) is 7.22. The Morgan fingerprint density at radius 3 is 2.48 bits per heavy atom. The Bertz CT molecular complexity index is 1230. The minimum atomic E-state index is -1.84. The zero-order chi connectivity index (χ0) is 33.5. The lowest BCUT2D eigenvalue weighted by atomic mass is 9.55. The first-order chi connectivity index (χ1) is 21.9. The minimum Gasteiger partial charge on any atom is -0.508 e. The maximum absolute atomic E-state index is 13.5. The van der Waals surface area contributed by atoms with Crippen molar-refractivity contribution in [3.8, 4) is 11.5 Å². The molecule has 4 rings (SSSR count). The molecule has 12 heteroatoms. The molecule has 1 heterocycles. The van der Waals surface area contributed by atoms with Crippen LogP contribution in [0.5, 0.6) is 11.5 Å². The third-order valence-electron chi connectivity index (χ3n) is 9.23. The highest BCUT2D eigenvalue weighted by molar-refractivity contribution is 6.03. The van der Waals surface area contributed by atoms with Crippen LogP contribution in [0.25, 0.3) is 0 Å². The number of benzene rings is 1. The number of oxime groups is 1. The Morgan fingerprint density at radius 1 is 1.09 bits per heavy atom. The second kappa shape index (κ2) is 15.8.